The predicted octanol–water partition coefficient (Wildman–Crippen LogP) is 2.41. The molecular formula is C15H15BrN4O2S. The van der Waals surface area contributed by atoms with E-state index in [1.807, 2.05) is 17.0 Å². The lowest BCUT2D eigenvalue weighted by Gasteiger charge is -2.16. The third-order valence-electron chi connectivity index (χ3n) is 3.38. The molecule has 3 rings (SSSR count). The quantitative estimate of drug-likeness (QED) is 0.725. The third kappa shape index (κ3) is 4.65. The molecule has 6 nitrogen and oxygen atoms in total. The van der Waals surface area contributed by atoms with Crippen LogP contribution >= 0.6 is 27.7 Å². The molecule has 1 saturated heterocycles. The normalized spacial score (nSPS) is 17.3. The zero-order valence-corrected chi connectivity index (χ0v) is 14.7. The number of pyridine rings is 1. The van der Waals surface area contributed by atoms with Crippen LogP contribution in [0.15, 0.2) is 46.3 Å². The third-order valence-corrected chi connectivity index (χ3v) is 4.78. The van der Waals surface area contributed by atoms with E-state index in [-0.39, 0.29) is 12.0 Å². The molecule has 1 unspecified atom stereocenters. The maximum absolute atomic E-state index is 12.3. The number of hydrogen-bond acceptors (Lipinski definition) is 6. The van der Waals surface area contributed by atoms with E-state index in [0.29, 0.717) is 24.9 Å². The zero-order valence-electron chi connectivity index (χ0n) is 12.3. The summed E-state index contributed by atoms with van der Waals surface area (Å²) in [7, 11) is 0. The first-order chi connectivity index (χ1) is 11.2. The van der Waals surface area contributed by atoms with Crippen molar-refractivity contribution < 1.29 is 9.53 Å². The van der Waals surface area contributed by atoms with Crippen molar-refractivity contribution in [3.63, 3.8) is 0 Å². The molecule has 1 amide bonds. The van der Waals surface area contributed by atoms with Gasteiger partial charge in [0, 0.05) is 42.6 Å². The monoisotopic (exact) mass is 394 g/mol. The lowest BCUT2D eigenvalue weighted by molar-refractivity contribution is -0.127. The van der Waals surface area contributed by atoms with Gasteiger partial charge in [-0.15, -0.1) is 11.8 Å². The molecule has 3 heterocycles. The Labute approximate surface area is 146 Å². The van der Waals surface area contributed by atoms with Gasteiger partial charge < -0.3 is 9.64 Å². The maximum atomic E-state index is 12.3. The fraction of sp³-hybridized carbons (Fsp3) is 0.333. The van der Waals surface area contributed by atoms with Crippen LogP contribution in [0.25, 0.3) is 0 Å². The van der Waals surface area contributed by atoms with E-state index in [0.717, 1.165) is 15.8 Å². The molecule has 23 heavy (non-hydrogen) atoms. The number of likely N-dealkylation sites (tertiary alicyclic amines) is 1. The molecule has 0 bridgehead atoms. The molecular weight excluding hydrogens is 380 g/mol. The van der Waals surface area contributed by atoms with Crippen LogP contribution in [0.5, 0.6) is 6.01 Å². The van der Waals surface area contributed by atoms with Crippen LogP contribution < -0.4 is 4.74 Å². The summed E-state index contributed by atoms with van der Waals surface area (Å²) in [5, 5.41) is 0. The highest BCUT2D eigenvalue weighted by atomic mass is 79.9. The van der Waals surface area contributed by atoms with Crippen molar-refractivity contribution in [3.8, 4) is 6.01 Å². The summed E-state index contributed by atoms with van der Waals surface area (Å²) in [5.41, 5.74) is 0. The lowest BCUT2D eigenvalue weighted by Crippen LogP contribution is -2.32. The highest BCUT2D eigenvalue weighted by molar-refractivity contribution is 9.10. The second kappa shape index (κ2) is 7.74. The number of carbonyl (C=O) groups is 1. The molecule has 1 atom stereocenters. The van der Waals surface area contributed by atoms with Crippen molar-refractivity contribution in [3.05, 3.63) is 41.4 Å². The van der Waals surface area contributed by atoms with E-state index in [1.54, 1.807) is 24.8 Å². The summed E-state index contributed by atoms with van der Waals surface area (Å²) in [5.74, 6) is 0.542. The fourth-order valence-electron chi connectivity index (χ4n) is 2.23. The Morgan fingerprint density at radius 3 is 2.83 bits per heavy atom. The number of thioether (sulfide) groups is 1. The van der Waals surface area contributed by atoms with Crippen molar-refractivity contribution in [2.45, 2.75) is 17.4 Å². The van der Waals surface area contributed by atoms with Gasteiger partial charge >= 0.3 is 6.01 Å². The summed E-state index contributed by atoms with van der Waals surface area (Å²) in [4.78, 5) is 27.3. The van der Waals surface area contributed by atoms with E-state index in [4.69, 9.17) is 4.74 Å². The van der Waals surface area contributed by atoms with Crippen LogP contribution in [0.3, 0.4) is 0 Å². The smallest absolute Gasteiger partial charge is 0.316 e. The van der Waals surface area contributed by atoms with Gasteiger partial charge in [-0.05, 0) is 28.1 Å². The van der Waals surface area contributed by atoms with Gasteiger partial charge in [0.25, 0.3) is 0 Å². The van der Waals surface area contributed by atoms with E-state index < -0.39 is 0 Å². The Bertz CT molecular complexity index is 656. The number of hydrogen-bond donors (Lipinski definition) is 0. The summed E-state index contributed by atoms with van der Waals surface area (Å²) in [6.45, 7) is 1.28. The number of ether oxygens (including phenoxy) is 1. The molecule has 0 radical (unpaired) electrons. The number of nitrogens with zero attached hydrogens (tertiary/aromatic N) is 4. The second-order valence-corrected chi connectivity index (χ2v) is 6.99. The van der Waals surface area contributed by atoms with Crippen molar-refractivity contribution in [1.29, 1.82) is 0 Å². The molecule has 1 aliphatic heterocycles. The summed E-state index contributed by atoms with van der Waals surface area (Å²) in [6, 6.07) is 4.15. The minimum Gasteiger partial charge on any atom is -0.458 e. The molecule has 2 aromatic heterocycles. The van der Waals surface area contributed by atoms with Crippen LogP contribution in [-0.4, -0.2) is 50.7 Å². The highest BCUT2D eigenvalue weighted by Crippen LogP contribution is 2.20. The molecule has 8 heteroatoms. The Hall–Kier alpha value is -1.67. The molecule has 0 spiro atoms. The van der Waals surface area contributed by atoms with Crippen LogP contribution in [0.2, 0.25) is 0 Å². The molecule has 1 fully saturated rings. The van der Waals surface area contributed by atoms with E-state index >= 15 is 0 Å². The van der Waals surface area contributed by atoms with Crippen LogP contribution in [0.4, 0.5) is 0 Å². The van der Waals surface area contributed by atoms with Crippen molar-refractivity contribution >= 4 is 33.6 Å². The van der Waals surface area contributed by atoms with Crippen molar-refractivity contribution in [2.75, 3.05) is 18.8 Å². The first-order valence-electron chi connectivity index (χ1n) is 7.15. The zero-order chi connectivity index (χ0) is 16.1. The molecule has 0 aliphatic carbocycles. The minimum atomic E-state index is -0.0500. The summed E-state index contributed by atoms with van der Waals surface area (Å²) < 4.78 is 6.53. The summed E-state index contributed by atoms with van der Waals surface area (Å²) in [6.07, 6.45) is 7.49. The first kappa shape index (κ1) is 16.2. The second-order valence-electron chi connectivity index (χ2n) is 5.02. The van der Waals surface area contributed by atoms with Crippen LogP contribution in [0.1, 0.15) is 6.42 Å². The number of rotatable bonds is 5. The Morgan fingerprint density at radius 2 is 2.09 bits per heavy atom. The van der Waals surface area contributed by atoms with E-state index in [9.17, 15) is 4.79 Å². The lowest BCUT2D eigenvalue weighted by atomic mass is 10.3. The number of halogens is 1. The Morgan fingerprint density at radius 1 is 1.35 bits per heavy atom. The van der Waals surface area contributed by atoms with Gasteiger partial charge in [0.2, 0.25) is 5.91 Å². The van der Waals surface area contributed by atoms with E-state index in [2.05, 4.69) is 30.9 Å². The molecule has 0 aromatic carbocycles. The molecule has 2 aromatic rings. The summed E-state index contributed by atoms with van der Waals surface area (Å²) >= 11 is 4.80. The largest absolute Gasteiger partial charge is 0.458 e. The standard InChI is InChI=1S/C15H15BrN4O2S/c16-11-7-18-15(19-8-11)22-12-3-6-20(9-12)14(21)10-23-13-1-4-17-5-2-13/h1-2,4-5,7-8,12H,3,6,9-10H2. The first-order valence-corrected chi connectivity index (χ1v) is 8.93. The number of carbonyl (C=O) groups excluding carboxylic acids is 1. The molecule has 0 N–H and O–H groups in total. The van der Waals surface area contributed by atoms with Crippen LogP contribution in [0, 0.1) is 0 Å². The minimum absolute atomic E-state index is 0.0500. The SMILES string of the molecule is O=C(CSc1ccncc1)N1CCC(Oc2ncc(Br)cn2)C1. The van der Waals surface area contributed by atoms with Gasteiger partial charge in [0.05, 0.1) is 16.8 Å². The molecule has 0 saturated carbocycles. The van der Waals surface area contributed by atoms with Gasteiger partial charge in [-0.1, -0.05) is 0 Å². The topological polar surface area (TPSA) is 68.2 Å². The molecule has 1 aliphatic rings. The van der Waals surface area contributed by atoms with Gasteiger partial charge in [-0.2, -0.15) is 0 Å². The average Bonchev–Trinajstić information content (AvgIpc) is 3.04. The van der Waals surface area contributed by atoms with E-state index in [1.165, 1.54) is 11.8 Å². The average molecular weight is 395 g/mol. The fourth-order valence-corrected chi connectivity index (χ4v) is 3.22. The Kier molecular flexibility index (Phi) is 5.45. The highest BCUT2D eigenvalue weighted by Gasteiger charge is 2.28. The maximum Gasteiger partial charge on any atom is 0.316 e. The van der Waals surface area contributed by atoms with Gasteiger partial charge in [-0.3, -0.25) is 9.78 Å². The van der Waals surface area contributed by atoms with Crippen LogP contribution in [-0.2, 0) is 4.79 Å². The van der Waals surface area contributed by atoms with Gasteiger partial charge in [-0.25, -0.2) is 9.97 Å². The van der Waals surface area contributed by atoms with Crippen molar-refractivity contribution in [1.82, 2.24) is 19.9 Å². The van der Waals surface area contributed by atoms with Crippen molar-refractivity contribution in [2.24, 2.45) is 0 Å². The number of amides is 1. The molecule has 120 valence electrons. The number of aromatic nitrogens is 3. The van der Waals surface area contributed by atoms with Gasteiger partial charge in [0.1, 0.15) is 6.10 Å². The van der Waals surface area contributed by atoms with Gasteiger partial charge in [0.15, 0.2) is 0 Å². The Balaban J connectivity index is 1.47. The predicted molar refractivity (Wildman–Crippen MR) is 90.3 cm³/mol.